The minimum absolute atomic E-state index is 0.0464. The summed E-state index contributed by atoms with van der Waals surface area (Å²) in [6.07, 6.45) is 1.50. The Labute approximate surface area is 110 Å². The number of ether oxygens (including phenoxy) is 1. The second-order valence-electron chi connectivity index (χ2n) is 2.79. The van der Waals surface area contributed by atoms with Crippen LogP contribution in [0.1, 0.15) is 5.56 Å². The van der Waals surface area contributed by atoms with Gasteiger partial charge < -0.3 is 4.74 Å². The highest BCUT2D eigenvalue weighted by molar-refractivity contribution is 9.11. The van der Waals surface area contributed by atoms with E-state index in [9.17, 15) is 0 Å². The van der Waals surface area contributed by atoms with Crippen LogP contribution < -0.4 is 4.74 Å². The van der Waals surface area contributed by atoms with Crippen molar-refractivity contribution < 1.29 is 4.74 Å². The van der Waals surface area contributed by atoms with Crippen molar-refractivity contribution in [2.75, 3.05) is 7.11 Å². The summed E-state index contributed by atoms with van der Waals surface area (Å²) in [4.78, 5) is 0. The van der Waals surface area contributed by atoms with Crippen molar-refractivity contribution in [3.05, 3.63) is 32.2 Å². The predicted molar refractivity (Wildman–Crippen MR) is 67.6 cm³/mol. The molecule has 0 aliphatic heterocycles. The van der Waals surface area contributed by atoms with Gasteiger partial charge in [0.2, 0.25) is 0 Å². The van der Waals surface area contributed by atoms with Crippen molar-refractivity contribution in [1.29, 1.82) is 10.5 Å². The lowest BCUT2D eigenvalue weighted by atomic mass is 10.1. The van der Waals surface area contributed by atoms with Crippen molar-refractivity contribution >= 4 is 37.9 Å². The van der Waals surface area contributed by atoms with E-state index in [1.54, 1.807) is 31.4 Å². The average molecular weight is 342 g/mol. The molecule has 0 spiro atoms. The highest BCUT2D eigenvalue weighted by Gasteiger charge is 2.06. The SMILES string of the molecule is COc1cc(C=C(C#N)C#N)c(Br)cc1Br. The first-order valence-electron chi connectivity index (χ1n) is 4.17. The fourth-order valence-corrected chi connectivity index (χ4v) is 2.33. The maximum absolute atomic E-state index is 8.66. The first kappa shape index (κ1) is 12.8. The van der Waals surface area contributed by atoms with Gasteiger partial charge in [-0.05, 0) is 39.7 Å². The second kappa shape index (κ2) is 5.69. The van der Waals surface area contributed by atoms with Gasteiger partial charge in [-0.1, -0.05) is 15.9 Å². The van der Waals surface area contributed by atoms with E-state index in [0.29, 0.717) is 5.75 Å². The van der Waals surface area contributed by atoms with E-state index in [2.05, 4.69) is 31.9 Å². The minimum atomic E-state index is 0.0464. The Morgan fingerprint density at radius 1 is 1.25 bits per heavy atom. The van der Waals surface area contributed by atoms with Crippen molar-refractivity contribution in [2.24, 2.45) is 0 Å². The van der Waals surface area contributed by atoms with Crippen LogP contribution in [0, 0.1) is 22.7 Å². The molecule has 16 heavy (non-hydrogen) atoms. The molecular weight excluding hydrogens is 336 g/mol. The monoisotopic (exact) mass is 340 g/mol. The number of nitrogens with zero attached hydrogens (tertiary/aromatic N) is 2. The van der Waals surface area contributed by atoms with Crippen molar-refractivity contribution in [3.63, 3.8) is 0 Å². The highest BCUT2D eigenvalue weighted by atomic mass is 79.9. The van der Waals surface area contributed by atoms with Gasteiger partial charge in [-0.15, -0.1) is 0 Å². The van der Waals surface area contributed by atoms with E-state index in [1.165, 1.54) is 6.08 Å². The number of methoxy groups -OCH3 is 1. The Balaban J connectivity index is 3.32. The van der Waals surface area contributed by atoms with Crippen LogP contribution in [-0.2, 0) is 0 Å². The molecule has 0 aliphatic rings. The summed E-state index contributed by atoms with van der Waals surface area (Å²) >= 11 is 6.68. The number of allylic oxidation sites excluding steroid dienone is 1. The molecule has 0 unspecified atom stereocenters. The molecule has 0 aliphatic carbocycles. The fraction of sp³-hybridized carbons (Fsp3) is 0.0909. The first-order chi connectivity index (χ1) is 7.62. The molecule has 1 aromatic rings. The van der Waals surface area contributed by atoms with Gasteiger partial charge in [0.25, 0.3) is 0 Å². The Morgan fingerprint density at radius 2 is 1.88 bits per heavy atom. The Hall–Kier alpha value is -1.30. The zero-order chi connectivity index (χ0) is 12.1. The van der Waals surface area contributed by atoms with Gasteiger partial charge in [-0.3, -0.25) is 0 Å². The molecule has 0 aromatic heterocycles. The molecular formula is C11H6Br2N2O. The standard InChI is InChI=1S/C11H6Br2N2O/c1-16-11-3-8(2-7(5-14)6-15)9(12)4-10(11)13/h2-4H,1H3. The van der Waals surface area contributed by atoms with E-state index >= 15 is 0 Å². The van der Waals surface area contributed by atoms with Gasteiger partial charge in [-0.25, -0.2) is 0 Å². The Kier molecular flexibility index (Phi) is 4.54. The van der Waals surface area contributed by atoms with Gasteiger partial charge in [-0.2, -0.15) is 10.5 Å². The Bertz CT molecular complexity index is 508. The zero-order valence-corrected chi connectivity index (χ0v) is 11.5. The lowest BCUT2D eigenvalue weighted by Crippen LogP contribution is -1.87. The van der Waals surface area contributed by atoms with Crippen LogP contribution in [0.2, 0.25) is 0 Å². The molecule has 0 N–H and O–H groups in total. The largest absolute Gasteiger partial charge is 0.496 e. The topological polar surface area (TPSA) is 56.8 Å². The van der Waals surface area contributed by atoms with Crippen LogP contribution in [0.3, 0.4) is 0 Å². The lowest BCUT2D eigenvalue weighted by Gasteiger charge is -2.06. The van der Waals surface area contributed by atoms with Crippen molar-refractivity contribution in [3.8, 4) is 17.9 Å². The van der Waals surface area contributed by atoms with E-state index in [0.717, 1.165) is 14.5 Å². The summed E-state index contributed by atoms with van der Waals surface area (Å²) in [7, 11) is 1.55. The fourth-order valence-electron chi connectivity index (χ4n) is 1.06. The maximum atomic E-state index is 8.66. The van der Waals surface area contributed by atoms with Crippen molar-refractivity contribution in [1.82, 2.24) is 0 Å². The molecule has 1 aromatic carbocycles. The Morgan fingerprint density at radius 3 is 2.38 bits per heavy atom. The number of rotatable bonds is 2. The quantitative estimate of drug-likeness (QED) is 0.771. The highest BCUT2D eigenvalue weighted by Crippen LogP contribution is 2.32. The third-order valence-electron chi connectivity index (χ3n) is 1.81. The zero-order valence-electron chi connectivity index (χ0n) is 8.29. The van der Waals surface area contributed by atoms with Gasteiger partial charge in [0.1, 0.15) is 23.5 Å². The van der Waals surface area contributed by atoms with Crippen LogP contribution in [-0.4, -0.2) is 7.11 Å². The third-order valence-corrected chi connectivity index (χ3v) is 3.12. The van der Waals surface area contributed by atoms with E-state index in [1.807, 2.05) is 0 Å². The summed E-state index contributed by atoms with van der Waals surface area (Å²) in [5.74, 6) is 0.643. The molecule has 0 atom stereocenters. The minimum Gasteiger partial charge on any atom is -0.496 e. The van der Waals surface area contributed by atoms with Crippen LogP contribution >= 0.6 is 31.9 Å². The second-order valence-corrected chi connectivity index (χ2v) is 4.50. The number of halogens is 2. The number of nitriles is 2. The average Bonchev–Trinajstić information content (AvgIpc) is 2.28. The molecule has 0 bridgehead atoms. The van der Waals surface area contributed by atoms with E-state index < -0.39 is 0 Å². The van der Waals surface area contributed by atoms with Gasteiger partial charge in [0.05, 0.1) is 11.6 Å². The molecule has 0 saturated carbocycles. The van der Waals surface area contributed by atoms with Crippen LogP contribution in [0.15, 0.2) is 26.7 Å². The molecule has 1 rings (SSSR count). The summed E-state index contributed by atoms with van der Waals surface area (Å²) in [6, 6.07) is 7.15. The van der Waals surface area contributed by atoms with Gasteiger partial charge in [0, 0.05) is 4.47 Å². The molecule has 0 radical (unpaired) electrons. The molecule has 0 amide bonds. The third kappa shape index (κ3) is 2.85. The summed E-state index contributed by atoms with van der Waals surface area (Å²) in [5, 5.41) is 17.3. The smallest absolute Gasteiger partial charge is 0.133 e. The van der Waals surface area contributed by atoms with Crippen LogP contribution in [0.25, 0.3) is 6.08 Å². The molecule has 80 valence electrons. The summed E-state index contributed by atoms with van der Waals surface area (Å²) in [6.45, 7) is 0. The molecule has 0 fully saturated rings. The van der Waals surface area contributed by atoms with Crippen LogP contribution in [0.5, 0.6) is 5.75 Å². The summed E-state index contributed by atoms with van der Waals surface area (Å²) < 4.78 is 6.71. The lowest BCUT2D eigenvalue weighted by molar-refractivity contribution is 0.412. The summed E-state index contributed by atoms with van der Waals surface area (Å²) in [5.41, 5.74) is 0.767. The predicted octanol–water partition coefficient (Wildman–Crippen LogP) is 3.65. The van der Waals surface area contributed by atoms with Crippen LogP contribution in [0.4, 0.5) is 0 Å². The first-order valence-corrected chi connectivity index (χ1v) is 5.76. The van der Waals surface area contributed by atoms with Crippen molar-refractivity contribution in [2.45, 2.75) is 0 Å². The number of hydrogen-bond donors (Lipinski definition) is 0. The molecule has 5 heteroatoms. The molecule has 3 nitrogen and oxygen atoms in total. The van der Waals surface area contributed by atoms with Gasteiger partial charge >= 0.3 is 0 Å². The maximum Gasteiger partial charge on any atom is 0.133 e. The van der Waals surface area contributed by atoms with E-state index in [-0.39, 0.29) is 5.57 Å². The van der Waals surface area contributed by atoms with Gasteiger partial charge in [0.15, 0.2) is 0 Å². The molecule has 0 heterocycles. The molecule has 0 saturated heterocycles. The number of hydrogen-bond acceptors (Lipinski definition) is 3. The van der Waals surface area contributed by atoms with E-state index in [4.69, 9.17) is 15.3 Å². The normalized spacial score (nSPS) is 8.81. The number of benzene rings is 1.